The fourth-order valence-electron chi connectivity index (χ4n) is 3.08. The van der Waals surface area contributed by atoms with Gasteiger partial charge >= 0.3 is 5.97 Å². The van der Waals surface area contributed by atoms with Crippen molar-refractivity contribution in [2.45, 2.75) is 19.3 Å². The van der Waals surface area contributed by atoms with Crippen LogP contribution in [0.4, 0.5) is 11.4 Å². The molecule has 7 nitrogen and oxygen atoms in total. The van der Waals surface area contributed by atoms with Crippen molar-refractivity contribution in [2.24, 2.45) is 0 Å². The second-order valence-corrected chi connectivity index (χ2v) is 7.11. The van der Waals surface area contributed by atoms with Crippen LogP contribution >= 0.6 is 0 Å². The normalized spacial score (nSPS) is 10.2. The number of aliphatic carboxylic acids is 1. The van der Waals surface area contributed by atoms with E-state index >= 15 is 0 Å². The van der Waals surface area contributed by atoms with Crippen LogP contribution in [-0.4, -0.2) is 28.7 Å². The molecule has 2 amide bonds. The quantitative estimate of drug-likeness (QED) is 0.446. The van der Waals surface area contributed by atoms with Crippen molar-refractivity contribution in [3.63, 3.8) is 0 Å². The number of carboxylic acids is 1. The van der Waals surface area contributed by atoms with Crippen LogP contribution < -0.4 is 10.6 Å². The van der Waals surface area contributed by atoms with Gasteiger partial charge in [-0.3, -0.25) is 19.2 Å². The molecular formula is C25H22N2O5. The summed E-state index contributed by atoms with van der Waals surface area (Å²) in [5.41, 5.74) is 2.14. The highest BCUT2D eigenvalue weighted by molar-refractivity contribution is 6.14. The van der Waals surface area contributed by atoms with E-state index in [4.69, 9.17) is 5.11 Å². The Morgan fingerprint density at radius 1 is 0.719 bits per heavy atom. The van der Waals surface area contributed by atoms with Gasteiger partial charge in [-0.1, -0.05) is 60.7 Å². The van der Waals surface area contributed by atoms with Gasteiger partial charge < -0.3 is 15.7 Å². The highest BCUT2D eigenvalue weighted by Gasteiger charge is 2.17. The summed E-state index contributed by atoms with van der Waals surface area (Å²) in [6.07, 6.45) is -0.338. The molecule has 0 fully saturated rings. The third-order valence-electron chi connectivity index (χ3n) is 4.63. The first kappa shape index (κ1) is 22.4. The minimum Gasteiger partial charge on any atom is -0.481 e. The fourth-order valence-corrected chi connectivity index (χ4v) is 3.08. The van der Waals surface area contributed by atoms with Gasteiger partial charge in [0.25, 0.3) is 0 Å². The third kappa shape index (κ3) is 6.37. The SMILES string of the molecule is O=C(O)CCC(=O)Nc1ccc(NC(=O)Cc2ccccc2)c(C(=O)c2ccccc2)c1. The third-order valence-corrected chi connectivity index (χ3v) is 4.63. The Morgan fingerprint density at radius 3 is 2.03 bits per heavy atom. The van der Waals surface area contributed by atoms with Crippen LogP contribution in [0.25, 0.3) is 0 Å². The van der Waals surface area contributed by atoms with Crippen LogP contribution in [0.5, 0.6) is 0 Å². The molecule has 7 heteroatoms. The predicted molar refractivity (Wildman–Crippen MR) is 121 cm³/mol. The van der Waals surface area contributed by atoms with Gasteiger partial charge in [0.2, 0.25) is 11.8 Å². The van der Waals surface area contributed by atoms with Crippen LogP contribution in [0.15, 0.2) is 78.9 Å². The average molecular weight is 430 g/mol. The molecule has 0 atom stereocenters. The molecule has 32 heavy (non-hydrogen) atoms. The summed E-state index contributed by atoms with van der Waals surface area (Å²) in [6.45, 7) is 0. The zero-order valence-electron chi connectivity index (χ0n) is 17.2. The van der Waals surface area contributed by atoms with E-state index in [1.165, 1.54) is 6.07 Å². The van der Waals surface area contributed by atoms with Crippen molar-refractivity contribution >= 4 is 34.9 Å². The summed E-state index contributed by atoms with van der Waals surface area (Å²) in [4.78, 5) is 48.4. The number of ketones is 1. The number of carbonyl (C=O) groups is 4. The van der Waals surface area contributed by atoms with Crippen LogP contribution in [-0.2, 0) is 20.8 Å². The number of hydrogen-bond donors (Lipinski definition) is 3. The van der Waals surface area contributed by atoms with Gasteiger partial charge in [-0.15, -0.1) is 0 Å². The zero-order valence-corrected chi connectivity index (χ0v) is 17.2. The van der Waals surface area contributed by atoms with Crippen molar-refractivity contribution in [1.82, 2.24) is 0 Å². The number of hydrogen-bond acceptors (Lipinski definition) is 4. The van der Waals surface area contributed by atoms with Gasteiger partial charge in [0.1, 0.15) is 0 Å². The van der Waals surface area contributed by atoms with E-state index in [9.17, 15) is 19.2 Å². The van der Waals surface area contributed by atoms with Gasteiger partial charge in [-0.25, -0.2) is 0 Å². The van der Waals surface area contributed by atoms with Crippen LogP contribution in [0, 0.1) is 0 Å². The molecular weight excluding hydrogens is 408 g/mol. The number of carboxylic acid groups (broad SMARTS) is 1. The van der Waals surface area contributed by atoms with Gasteiger partial charge in [-0.2, -0.15) is 0 Å². The molecule has 3 aromatic carbocycles. The van der Waals surface area contributed by atoms with Crippen LogP contribution in [0.3, 0.4) is 0 Å². The summed E-state index contributed by atoms with van der Waals surface area (Å²) in [7, 11) is 0. The molecule has 0 aliphatic heterocycles. The van der Waals surface area contributed by atoms with Crippen molar-refractivity contribution in [1.29, 1.82) is 0 Å². The number of amides is 2. The van der Waals surface area contributed by atoms with E-state index < -0.39 is 11.9 Å². The molecule has 0 bridgehead atoms. The number of nitrogens with one attached hydrogen (secondary N) is 2. The average Bonchev–Trinajstić information content (AvgIpc) is 2.79. The Morgan fingerprint density at radius 2 is 1.38 bits per heavy atom. The molecule has 0 spiro atoms. The maximum absolute atomic E-state index is 13.1. The van der Waals surface area contributed by atoms with Gasteiger partial charge in [0, 0.05) is 23.2 Å². The molecule has 0 aromatic heterocycles. The highest BCUT2D eigenvalue weighted by atomic mass is 16.4. The fraction of sp³-hybridized carbons (Fsp3) is 0.120. The second-order valence-electron chi connectivity index (χ2n) is 7.11. The Kier molecular flexibility index (Phi) is 7.48. The first-order chi connectivity index (χ1) is 15.4. The summed E-state index contributed by atoms with van der Waals surface area (Å²) < 4.78 is 0. The lowest BCUT2D eigenvalue weighted by molar-refractivity contribution is -0.138. The van der Waals surface area contributed by atoms with Gasteiger partial charge in [0.15, 0.2) is 5.78 Å². The second kappa shape index (κ2) is 10.7. The van der Waals surface area contributed by atoms with Gasteiger partial charge in [-0.05, 0) is 23.8 Å². The molecule has 0 saturated heterocycles. The topological polar surface area (TPSA) is 113 Å². The minimum atomic E-state index is -1.07. The molecule has 162 valence electrons. The zero-order chi connectivity index (χ0) is 22.9. The highest BCUT2D eigenvalue weighted by Crippen LogP contribution is 2.24. The standard InChI is InChI=1S/C25H22N2O5/c28-22(13-14-24(30)31)26-19-11-12-21(27-23(29)15-17-7-3-1-4-8-17)20(16-19)25(32)18-9-5-2-6-10-18/h1-12,16H,13-15H2,(H,26,28)(H,27,29)(H,30,31). The lowest BCUT2D eigenvalue weighted by Gasteiger charge is -2.13. The first-order valence-corrected chi connectivity index (χ1v) is 10.0. The first-order valence-electron chi connectivity index (χ1n) is 10.0. The lowest BCUT2D eigenvalue weighted by atomic mass is 10.0. The molecule has 0 unspecified atom stereocenters. The predicted octanol–water partition coefficient (Wildman–Crippen LogP) is 3.90. The summed E-state index contributed by atoms with van der Waals surface area (Å²) in [5.74, 6) is -2.15. The molecule has 3 rings (SSSR count). The Hall–Kier alpha value is -4.26. The van der Waals surface area contributed by atoms with E-state index in [0.717, 1.165) is 5.56 Å². The van der Waals surface area contributed by atoms with Crippen molar-refractivity contribution in [3.05, 3.63) is 95.6 Å². The van der Waals surface area contributed by atoms with Crippen molar-refractivity contribution < 1.29 is 24.3 Å². The molecule has 3 aromatic rings. The van der Waals surface area contributed by atoms with E-state index in [2.05, 4.69) is 10.6 Å². The summed E-state index contributed by atoms with van der Waals surface area (Å²) in [6, 6.07) is 22.4. The minimum absolute atomic E-state index is 0.146. The molecule has 0 radical (unpaired) electrons. The number of anilines is 2. The van der Waals surface area contributed by atoms with Crippen molar-refractivity contribution in [2.75, 3.05) is 10.6 Å². The number of rotatable bonds is 9. The molecule has 3 N–H and O–H groups in total. The molecule has 0 heterocycles. The van der Waals surface area contributed by atoms with Crippen LogP contribution in [0.2, 0.25) is 0 Å². The summed E-state index contributed by atoms with van der Waals surface area (Å²) in [5, 5.41) is 14.1. The molecule has 0 saturated carbocycles. The van der Waals surface area contributed by atoms with Crippen molar-refractivity contribution in [3.8, 4) is 0 Å². The Bertz CT molecular complexity index is 1130. The van der Waals surface area contributed by atoms with E-state index in [1.54, 1.807) is 42.5 Å². The molecule has 0 aliphatic carbocycles. The maximum atomic E-state index is 13.1. The van der Waals surface area contributed by atoms with Crippen LogP contribution in [0.1, 0.15) is 34.3 Å². The number of carbonyl (C=O) groups excluding carboxylic acids is 3. The van der Waals surface area contributed by atoms with E-state index in [-0.39, 0.29) is 36.5 Å². The number of benzene rings is 3. The summed E-state index contributed by atoms with van der Waals surface area (Å²) >= 11 is 0. The van der Waals surface area contributed by atoms with E-state index in [0.29, 0.717) is 16.9 Å². The largest absolute Gasteiger partial charge is 0.481 e. The maximum Gasteiger partial charge on any atom is 0.303 e. The van der Waals surface area contributed by atoms with E-state index in [1.807, 2.05) is 30.3 Å². The van der Waals surface area contributed by atoms with Gasteiger partial charge in [0.05, 0.1) is 18.5 Å². The monoisotopic (exact) mass is 430 g/mol. The smallest absolute Gasteiger partial charge is 0.303 e. The lowest BCUT2D eigenvalue weighted by Crippen LogP contribution is -2.18. The Balaban J connectivity index is 1.84. The Labute approximate surface area is 185 Å². The molecule has 0 aliphatic rings.